The van der Waals surface area contributed by atoms with E-state index < -0.39 is 0 Å². The van der Waals surface area contributed by atoms with Crippen LogP contribution in [0.25, 0.3) is 0 Å². The van der Waals surface area contributed by atoms with Gasteiger partial charge in [-0.3, -0.25) is 4.79 Å². The summed E-state index contributed by atoms with van der Waals surface area (Å²) in [4.78, 5) is 19.8. The molecule has 0 bridgehead atoms. The lowest BCUT2D eigenvalue weighted by molar-refractivity contribution is -0.122. The highest BCUT2D eigenvalue weighted by Crippen LogP contribution is 2.21. The largest absolute Gasteiger partial charge is 0.494 e. The molecular weight excluding hydrogens is 374 g/mol. The van der Waals surface area contributed by atoms with Gasteiger partial charge in [-0.15, -0.1) is 0 Å². The number of amides is 1. The molecule has 5 nitrogen and oxygen atoms in total. The Morgan fingerprint density at radius 1 is 1.25 bits per heavy atom. The van der Waals surface area contributed by atoms with Crippen molar-refractivity contribution >= 4 is 17.5 Å². The van der Waals surface area contributed by atoms with Crippen LogP contribution < -0.4 is 10.1 Å². The highest BCUT2D eigenvalue weighted by atomic mass is 35.5. The Morgan fingerprint density at radius 3 is 2.79 bits per heavy atom. The molecule has 0 radical (unpaired) electrons. The van der Waals surface area contributed by atoms with Crippen LogP contribution in [0.3, 0.4) is 0 Å². The van der Waals surface area contributed by atoms with Crippen molar-refractivity contribution in [3.05, 3.63) is 82.9 Å². The smallest absolute Gasteiger partial charge is 0.220 e. The summed E-state index contributed by atoms with van der Waals surface area (Å²) >= 11 is 6.02. The number of imidazole rings is 1. The molecule has 3 rings (SSSR count). The van der Waals surface area contributed by atoms with Crippen molar-refractivity contribution in [1.82, 2.24) is 15.3 Å². The molecule has 1 atom stereocenters. The van der Waals surface area contributed by atoms with Gasteiger partial charge in [0.15, 0.2) is 0 Å². The van der Waals surface area contributed by atoms with Gasteiger partial charge in [0.2, 0.25) is 5.91 Å². The summed E-state index contributed by atoms with van der Waals surface area (Å²) in [5.41, 5.74) is 2.03. The number of benzene rings is 2. The number of carbonyl (C=O) groups is 1. The van der Waals surface area contributed by atoms with Crippen LogP contribution in [-0.2, 0) is 11.2 Å². The Bertz CT molecular complexity index is 882. The summed E-state index contributed by atoms with van der Waals surface area (Å²) in [5, 5.41) is 3.83. The second-order valence-corrected chi connectivity index (χ2v) is 7.04. The van der Waals surface area contributed by atoms with Crippen molar-refractivity contribution in [2.24, 2.45) is 0 Å². The maximum absolute atomic E-state index is 12.5. The minimum atomic E-state index is -0.125. The first-order chi connectivity index (χ1) is 13.6. The number of nitrogens with zero attached hydrogens (tertiary/aromatic N) is 1. The average Bonchev–Trinajstić information content (AvgIpc) is 3.21. The van der Waals surface area contributed by atoms with E-state index in [1.807, 2.05) is 55.5 Å². The molecule has 1 aromatic heterocycles. The molecular formula is C22H24ClN3O2. The lowest BCUT2D eigenvalue weighted by Crippen LogP contribution is -2.30. The third-order valence-corrected chi connectivity index (χ3v) is 4.86. The predicted molar refractivity (Wildman–Crippen MR) is 111 cm³/mol. The van der Waals surface area contributed by atoms with E-state index in [0.29, 0.717) is 25.9 Å². The zero-order chi connectivity index (χ0) is 19.8. The Kier molecular flexibility index (Phi) is 7.09. The zero-order valence-electron chi connectivity index (χ0n) is 15.8. The van der Waals surface area contributed by atoms with Gasteiger partial charge in [-0.25, -0.2) is 4.98 Å². The van der Waals surface area contributed by atoms with E-state index in [2.05, 4.69) is 15.3 Å². The molecule has 0 saturated carbocycles. The van der Waals surface area contributed by atoms with E-state index in [1.165, 1.54) is 0 Å². The van der Waals surface area contributed by atoms with Gasteiger partial charge < -0.3 is 15.0 Å². The number of nitrogens with one attached hydrogen (secondary N) is 2. The van der Waals surface area contributed by atoms with Crippen LogP contribution in [-0.4, -0.2) is 22.5 Å². The van der Waals surface area contributed by atoms with Crippen molar-refractivity contribution in [3.8, 4) is 5.75 Å². The minimum absolute atomic E-state index is 0.00343. The van der Waals surface area contributed by atoms with Gasteiger partial charge in [0.05, 0.1) is 12.6 Å². The monoisotopic (exact) mass is 397 g/mol. The van der Waals surface area contributed by atoms with E-state index in [-0.39, 0.29) is 11.9 Å². The van der Waals surface area contributed by atoms with E-state index in [9.17, 15) is 4.79 Å². The third-order valence-electron chi connectivity index (χ3n) is 4.44. The second-order valence-electron chi connectivity index (χ2n) is 6.63. The summed E-state index contributed by atoms with van der Waals surface area (Å²) in [6.07, 6.45) is 5.15. The average molecular weight is 398 g/mol. The fourth-order valence-corrected chi connectivity index (χ4v) is 3.05. The Hall–Kier alpha value is -2.79. The second kappa shape index (κ2) is 9.95. The van der Waals surface area contributed by atoms with Gasteiger partial charge in [0, 0.05) is 30.3 Å². The first kappa shape index (κ1) is 20.0. The molecule has 1 heterocycles. The minimum Gasteiger partial charge on any atom is -0.494 e. The van der Waals surface area contributed by atoms with Crippen LogP contribution >= 0.6 is 11.6 Å². The Labute approximate surface area is 170 Å². The fourth-order valence-electron chi connectivity index (χ4n) is 2.94. The molecule has 0 unspecified atom stereocenters. The van der Waals surface area contributed by atoms with Crippen LogP contribution in [0, 0.1) is 6.92 Å². The molecule has 1 amide bonds. The third kappa shape index (κ3) is 5.86. The van der Waals surface area contributed by atoms with Crippen LogP contribution in [0.5, 0.6) is 5.75 Å². The van der Waals surface area contributed by atoms with Gasteiger partial charge in [-0.05, 0) is 42.7 Å². The van der Waals surface area contributed by atoms with Gasteiger partial charge in [-0.1, -0.05) is 41.9 Å². The van der Waals surface area contributed by atoms with E-state index in [0.717, 1.165) is 27.7 Å². The van der Waals surface area contributed by atoms with Crippen LogP contribution in [0.4, 0.5) is 0 Å². The number of aromatic amines is 1. The SMILES string of the molecule is Cc1cc(OCCCC(=O)N[C@@H](Cc2ncc[nH]2)c2ccccc2)ccc1Cl. The van der Waals surface area contributed by atoms with Crippen molar-refractivity contribution in [3.63, 3.8) is 0 Å². The quantitative estimate of drug-likeness (QED) is 0.517. The number of carbonyl (C=O) groups excluding carboxylic acids is 1. The van der Waals surface area contributed by atoms with Crippen molar-refractivity contribution in [1.29, 1.82) is 0 Å². The topological polar surface area (TPSA) is 67.0 Å². The van der Waals surface area contributed by atoms with Gasteiger partial charge in [0.1, 0.15) is 11.6 Å². The number of aryl methyl sites for hydroxylation is 1. The van der Waals surface area contributed by atoms with Crippen molar-refractivity contribution in [2.75, 3.05) is 6.61 Å². The fraction of sp³-hybridized carbons (Fsp3) is 0.273. The zero-order valence-corrected chi connectivity index (χ0v) is 16.6. The van der Waals surface area contributed by atoms with Crippen LogP contribution in [0.1, 0.15) is 35.8 Å². The van der Waals surface area contributed by atoms with Crippen LogP contribution in [0.2, 0.25) is 5.02 Å². The maximum atomic E-state index is 12.5. The molecule has 0 saturated heterocycles. The number of rotatable bonds is 9. The molecule has 2 aromatic carbocycles. The molecule has 2 N–H and O–H groups in total. The summed E-state index contributed by atoms with van der Waals surface area (Å²) in [6.45, 7) is 2.41. The summed E-state index contributed by atoms with van der Waals surface area (Å²) in [6, 6.07) is 15.4. The molecule has 0 aliphatic carbocycles. The molecule has 0 aliphatic rings. The van der Waals surface area contributed by atoms with E-state index in [4.69, 9.17) is 16.3 Å². The highest BCUT2D eigenvalue weighted by molar-refractivity contribution is 6.31. The normalized spacial score (nSPS) is 11.8. The first-order valence-electron chi connectivity index (χ1n) is 9.33. The molecule has 0 fully saturated rings. The Balaban J connectivity index is 1.50. The van der Waals surface area contributed by atoms with E-state index >= 15 is 0 Å². The Morgan fingerprint density at radius 2 is 2.07 bits per heavy atom. The first-order valence-corrected chi connectivity index (χ1v) is 9.71. The van der Waals surface area contributed by atoms with Gasteiger partial charge in [0.25, 0.3) is 0 Å². The van der Waals surface area contributed by atoms with Gasteiger partial charge in [-0.2, -0.15) is 0 Å². The lowest BCUT2D eigenvalue weighted by atomic mass is 10.0. The number of halogens is 1. The van der Waals surface area contributed by atoms with E-state index in [1.54, 1.807) is 12.4 Å². The van der Waals surface area contributed by atoms with Crippen LogP contribution in [0.15, 0.2) is 60.9 Å². The number of ether oxygens (including phenoxy) is 1. The molecule has 3 aromatic rings. The number of H-pyrrole nitrogens is 1. The number of hydrogen-bond donors (Lipinski definition) is 2. The molecule has 0 aliphatic heterocycles. The maximum Gasteiger partial charge on any atom is 0.220 e. The lowest BCUT2D eigenvalue weighted by Gasteiger charge is -2.18. The standard InChI is InChI=1S/C22H24ClN3O2/c1-16-14-18(9-10-19(16)23)28-13-5-8-22(27)26-20(15-21-24-11-12-25-21)17-6-3-2-4-7-17/h2-4,6-7,9-12,14,20H,5,8,13,15H2,1H3,(H,24,25)(H,26,27)/t20-/m0/s1. The van der Waals surface area contributed by atoms with Crippen molar-refractivity contribution < 1.29 is 9.53 Å². The summed E-state index contributed by atoms with van der Waals surface area (Å²) in [5.74, 6) is 1.61. The predicted octanol–water partition coefficient (Wildman–Crippen LogP) is 4.63. The molecule has 6 heteroatoms. The number of hydrogen-bond acceptors (Lipinski definition) is 3. The molecule has 28 heavy (non-hydrogen) atoms. The van der Waals surface area contributed by atoms with Crippen molar-refractivity contribution in [2.45, 2.75) is 32.2 Å². The van der Waals surface area contributed by atoms with Gasteiger partial charge >= 0.3 is 0 Å². The molecule has 0 spiro atoms. The summed E-state index contributed by atoms with van der Waals surface area (Å²) in [7, 11) is 0. The molecule has 146 valence electrons. The number of aromatic nitrogens is 2. The highest BCUT2D eigenvalue weighted by Gasteiger charge is 2.16. The summed E-state index contributed by atoms with van der Waals surface area (Å²) < 4.78 is 5.71.